The lowest BCUT2D eigenvalue weighted by Gasteiger charge is -2.08. The van der Waals surface area contributed by atoms with Gasteiger partial charge in [-0.25, -0.2) is 0 Å². The fourth-order valence-electron chi connectivity index (χ4n) is 2.10. The fourth-order valence-corrected chi connectivity index (χ4v) is 2.71. The average Bonchev–Trinajstić information content (AvgIpc) is 3.04. The van der Waals surface area contributed by atoms with Gasteiger partial charge in [0.15, 0.2) is 0 Å². The van der Waals surface area contributed by atoms with Crippen LogP contribution in [-0.4, -0.2) is 30.2 Å². The van der Waals surface area contributed by atoms with Crippen LogP contribution in [0.2, 0.25) is 0 Å². The molecule has 23 heavy (non-hydrogen) atoms. The number of hydrogen-bond donors (Lipinski definition) is 0. The van der Waals surface area contributed by atoms with E-state index < -0.39 is 10.8 Å². The van der Waals surface area contributed by atoms with Crippen LogP contribution >= 0.6 is 0 Å². The highest BCUT2D eigenvalue weighted by Gasteiger charge is 2.08. The molecular formula is C16H16N4O2S. The number of nitrogens with zero attached hydrogens (tertiary/aromatic N) is 4. The Morgan fingerprint density at radius 3 is 2.70 bits per heavy atom. The van der Waals surface area contributed by atoms with Crippen LogP contribution in [0.25, 0.3) is 0 Å². The van der Waals surface area contributed by atoms with E-state index in [1.54, 1.807) is 23.3 Å². The third-order valence-corrected chi connectivity index (χ3v) is 4.06. The minimum Gasteiger partial charge on any atom is -0.487 e. The van der Waals surface area contributed by atoms with E-state index in [-0.39, 0.29) is 0 Å². The van der Waals surface area contributed by atoms with Crippen LogP contribution in [0.3, 0.4) is 0 Å². The molecule has 0 spiro atoms. The molecule has 0 bridgehead atoms. The Kier molecular flexibility index (Phi) is 4.77. The van der Waals surface area contributed by atoms with Crippen LogP contribution in [0.15, 0.2) is 60.1 Å². The quantitative estimate of drug-likeness (QED) is 0.692. The second-order valence-electron chi connectivity index (χ2n) is 4.95. The first-order valence-electron chi connectivity index (χ1n) is 7.05. The summed E-state index contributed by atoms with van der Waals surface area (Å²) in [6.45, 7) is 1.01. The van der Waals surface area contributed by atoms with Crippen LogP contribution in [0.4, 0.5) is 0 Å². The first kappa shape index (κ1) is 15.4. The van der Waals surface area contributed by atoms with E-state index >= 15 is 0 Å². The molecule has 3 rings (SSSR count). The molecular weight excluding hydrogens is 312 g/mol. The van der Waals surface area contributed by atoms with Crippen molar-refractivity contribution in [2.75, 3.05) is 6.26 Å². The molecule has 6 nitrogen and oxygen atoms in total. The van der Waals surface area contributed by atoms with Crippen molar-refractivity contribution in [3.8, 4) is 5.75 Å². The lowest BCUT2D eigenvalue weighted by molar-refractivity contribution is 0.301. The first-order chi connectivity index (χ1) is 11.2. The predicted molar refractivity (Wildman–Crippen MR) is 86.5 cm³/mol. The molecule has 1 atom stereocenters. The van der Waals surface area contributed by atoms with Crippen LogP contribution in [-0.2, 0) is 24.0 Å². The molecule has 0 fully saturated rings. The summed E-state index contributed by atoms with van der Waals surface area (Å²) in [4.78, 5) is 4.22. The second kappa shape index (κ2) is 7.15. The summed E-state index contributed by atoms with van der Waals surface area (Å²) in [6, 6.07) is 13.5. The molecule has 0 saturated carbocycles. The van der Waals surface area contributed by atoms with Gasteiger partial charge in [-0.15, -0.1) is 10.2 Å². The second-order valence-corrected chi connectivity index (χ2v) is 6.22. The highest BCUT2D eigenvalue weighted by Crippen LogP contribution is 2.15. The van der Waals surface area contributed by atoms with Gasteiger partial charge in [0.2, 0.25) is 5.16 Å². The summed E-state index contributed by atoms with van der Waals surface area (Å²) in [6.07, 6.45) is 4.92. The highest BCUT2D eigenvalue weighted by atomic mass is 32.2. The summed E-state index contributed by atoms with van der Waals surface area (Å²) < 4.78 is 19.0. The lowest BCUT2D eigenvalue weighted by Crippen LogP contribution is -2.05. The molecule has 0 saturated heterocycles. The molecule has 3 aromatic rings. The zero-order valence-corrected chi connectivity index (χ0v) is 13.4. The van der Waals surface area contributed by atoms with Gasteiger partial charge in [-0.05, 0) is 29.8 Å². The third kappa shape index (κ3) is 4.01. The third-order valence-electron chi connectivity index (χ3n) is 3.23. The number of pyridine rings is 1. The number of benzene rings is 1. The van der Waals surface area contributed by atoms with Crippen molar-refractivity contribution in [3.63, 3.8) is 0 Å². The summed E-state index contributed by atoms with van der Waals surface area (Å²) in [5.74, 6) is 0.780. The number of aromatic nitrogens is 4. The van der Waals surface area contributed by atoms with E-state index in [1.807, 2.05) is 42.5 Å². The van der Waals surface area contributed by atoms with E-state index in [0.29, 0.717) is 18.3 Å². The van der Waals surface area contributed by atoms with Crippen LogP contribution < -0.4 is 4.74 Å². The summed E-state index contributed by atoms with van der Waals surface area (Å²) in [5, 5.41) is 8.15. The van der Waals surface area contributed by atoms with E-state index in [2.05, 4.69) is 15.2 Å². The molecule has 1 aromatic carbocycles. The summed E-state index contributed by atoms with van der Waals surface area (Å²) in [5.41, 5.74) is 1.94. The van der Waals surface area contributed by atoms with Crippen molar-refractivity contribution >= 4 is 10.8 Å². The SMILES string of the molecule is CS(=O)c1nncn1Cc1ccc(OCc2ccccn2)cc1. The monoisotopic (exact) mass is 328 g/mol. The topological polar surface area (TPSA) is 69.9 Å². The van der Waals surface area contributed by atoms with Crippen LogP contribution in [0, 0.1) is 0 Å². The fraction of sp³-hybridized carbons (Fsp3) is 0.188. The van der Waals surface area contributed by atoms with Gasteiger partial charge in [0.25, 0.3) is 0 Å². The smallest absolute Gasteiger partial charge is 0.221 e. The van der Waals surface area contributed by atoms with E-state index in [4.69, 9.17) is 4.74 Å². The van der Waals surface area contributed by atoms with Crippen molar-refractivity contribution < 1.29 is 8.95 Å². The van der Waals surface area contributed by atoms with Crippen molar-refractivity contribution in [2.24, 2.45) is 0 Å². The Labute approximate surface area is 136 Å². The normalized spacial score (nSPS) is 12.0. The lowest BCUT2D eigenvalue weighted by atomic mass is 10.2. The molecule has 2 heterocycles. The van der Waals surface area contributed by atoms with Crippen molar-refractivity contribution in [1.82, 2.24) is 19.7 Å². The zero-order valence-electron chi connectivity index (χ0n) is 12.6. The molecule has 0 radical (unpaired) electrons. The van der Waals surface area contributed by atoms with E-state index in [9.17, 15) is 4.21 Å². The number of rotatable bonds is 6. The largest absolute Gasteiger partial charge is 0.487 e. The van der Waals surface area contributed by atoms with Gasteiger partial charge in [-0.2, -0.15) is 0 Å². The molecule has 0 N–H and O–H groups in total. The Morgan fingerprint density at radius 2 is 2.00 bits per heavy atom. The van der Waals surface area contributed by atoms with Crippen LogP contribution in [0.5, 0.6) is 5.75 Å². The molecule has 118 valence electrons. The highest BCUT2D eigenvalue weighted by molar-refractivity contribution is 7.84. The first-order valence-corrected chi connectivity index (χ1v) is 8.61. The summed E-state index contributed by atoms with van der Waals surface area (Å²) in [7, 11) is -1.15. The molecule has 2 aromatic heterocycles. The molecule has 0 aliphatic heterocycles. The van der Waals surface area contributed by atoms with Gasteiger partial charge < -0.3 is 9.30 Å². The Bertz CT molecular complexity index is 787. The minimum absolute atomic E-state index is 0.435. The zero-order chi connectivity index (χ0) is 16.1. The average molecular weight is 328 g/mol. The van der Waals surface area contributed by atoms with E-state index in [0.717, 1.165) is 17.0 Å². The number of ether oxygens (including phenoxy) is 1. The molecule has 0 aliphatic rings. The Morgan fingerprint density at radius 1 is 1.17 bits per heavy atom. The maximum atomic E-state index is 11.6. The van der Waals surface area contributed by atoms with Gasteiger partial charge in [-0.3, -0.25) is 9.19 Å². The summed E-state index contributed by atoms with van der Waals surface area (Å²) >= 11 is 0. The van der Waals surface area contributed by atoms with Crippen molar-refractivity contribution in [2.45, 2.75) is 18.3 Å². The van der Waals surface area contributed by atoms with Crippen molar-refractivity contribution in [1.29, 1.82) is 0 Å². The standard InChI is InChI=1S/C16H16N4O2S/c1-23(21)16-19-18-12-20(16)10-13-5-7-15(8-6-13)22-11-14-4-2-3-9-17-14/h2-9,12H,10-11H2,1H3. The maximum absolute atomic E-state index is 11.6. The molecule has 1 unspecified atom stereocenters. The van der Waals surface area contributed by atoms with Gasteiger partial charge in [0.1, 0.15) is 18.7 Å². The Hall–Kier alpha value is -2.54. The van der Waals surface area contributed by atoms with Crippen molar-refractivity contribution in [3.05, 3.63) is 66.2 Å². The van der Waals surface area contributed by atoms with Gasteiger partial charge >= 0.3 is 0 Å². The number of hydrogen-bond acceptors (Lipinski definition) is 5. The molecule has 0 aliphatic carbocycles. The maximum Gasteiger partial charge on any atom is 0.221 e. The van der Waals surface area contributed by atoms with Gasteiger partial charge in [-0.1, -0.05) is 18.2 Å². The molecule has 7 heteroatoms. The molecule has 0 amide bonds. The predicted octanol–water partition coefficient (Wildman–Crippen LogP) is 2.04. The minimum atomic E-state index is -1.15. The van der Waals surface area contributed by atoms with Gasteiger partial charge in [0.05, 0.1) is 23.0 Å². The Balaban J connectivity index is 1.63. The van der Waals surface area contributed by atoms with Crippen LogP contribution in [0.1, 0.15) is 11.3 Å². The van der Waals surface area contributed by atoms with E-state index in [1.165, 1.54) is 0 Å². The van der Waals surface area contributed by atoms with Gasteiger partial charge in [0, 0.05) is 12.5 Å².